The average molecular weight is 853 g/mol. The second kappa shape index (κ2) is 14.0. The summed E-state index contributed by atoms with van der Waals surface area (Å²) >= 11 is 0. The number of alkyl halides is 24. The molecule has 0 radical (unpaired) electrons. The summed E-state index contributed by atoms with van der Waals surface area (Å²) in [5, 5.41) is 0.316. The molecule has 1 N–H and O–H groups in total. The molecule has 0 bridgehead atoms. The van der Waals surface area contributed by atoms with Gasteiger partial charge < -0.3 is 14.4 Å². The Hall–Kier alpha value is -2.38. The molecule has 52 heavy (non-hydrogen) atoms. The van der Waals surface area contributed by atoms with Crippen LogP contribution in [0.3, 0.4) is 0 Å². The molecule has 0 aliphatic heterocycles. The minimum atomic E-state index is -9.63. The Kier molecular flexibility index (Phi) is 13.4. The first-order chi connectivity index (χ1) is 22.2. The number of hydrogen-bond acceptors (Lipinski definition) is 5. The number of halogens is 24. The van der Waals surface area contributed by atoms with E-state index in [-0.39, 0.29) is 6.54 Å². The fourth-order valence-electron chi connectivity index (χ4n) is 3.75. The Morgan fingerprint density at radius 2 is 0.885 bits per heavy atom. The molecule has 32 heteroatoms. The molecule has 1 amide bonds. The number of nitrogens with zero attached hydrogens (tertiary/aromatic N) is 2. The average Bonchev–Trinajstić information content (AvgIpc) is 2.86. The van der Waals surface area contributed by atoms with Crippen LogP contribution in [0.2, 0.25) is 0 Å². The zero-order valence-corrected chi connectivity index (χ0v) is 25.6. The van der Waals surface area contributed by atoms with Gasteiger partial charge in [-0.2, -0.15) is 101 Å². The summed E-state index contributed by atoms with van der Waals surface area (Å²) in [5.41, 5.74) is -8.35. The van der Waals surface area contributed by atoms with Gasteiger partial charge >= 0.3 is 66.0 Å². The third kappa shape index (κ3) is 8.61. The van der Waals surface area contributed by atoms with E-state index in [2.05, 4.69) is 0 Å². The quantitative estimate of drug-likeness (QED) is 0.0593. The highest BCUT2D eigenvalue weighted by Gasteiger charge is 2.95. The third-order valence-electron chi connectivity index (χ3n) is 6.60. The zero-order chi connectivity index (χ0) is 42.6. The van der Waals surface area contributed by atoms with Crippen LogP contribution >= 0.6 is 0 Å². The maximum atomic E-state index is 15.2. The van der Waals surface area contributed by atoms with E-state index in [0.29, 0.717) is 5.32 Å². The fraction of sp³-hybridized carbons (Fsp3) is 0.950. The van der Waals surface area contributed by atoms with E-state index in [4.69, 9.17) is 0 Å². The molecule has 0 saturated heterocycles. The standard InChI is InChI=1S/C20H19F24N3O4S/c1-47(2,7-4-8-52(49,50)51)6-3-5-45-9(48)10(21,15(30,31)32)18(39,40)46(19(41,42)13(26,27)11(22,23)16(33,34)35)20(43,44)14(28,29)12(24,25)17(36,37)38/h3-8H2,1-2H3,(H-,45,48,49,50,51). The van der Waals surface area contributed by atoms with Gasteiger partial charge in [-0.3, -0.25) is 4.79 Å². The Morgan fingerprint density at radius 3 is 1.17 bits per heavy atom. The first-order valence-electron chi connectivity index (χ1n) is 12.6. The number of carbonyl (C=O) groups excluding carboxylic acids is 1. The molecule has 0 saturated carbocycles. The topological polar surface area (TPSA) is 89.5 Å². The van der Waals surface area contributed by atoms with Gasteiger partial charge in [-0.1, -0.05) is 0 Å². The van der Waals surface area contributed by atoms with Crippen molar-refractivity contribution in [3.63, 3.8) is 0 Å². The van der Waals surface area contributed by atoms with Crippen LogP contribution in [0.1, 0.15) is 12.8 Å². The van der Waals surface area contributed by atoms with Crippen molar-refractivity contribution in [1.82, 2.24) is 10.2 Å². The first-order valence-corrected chi connectivity index (χ1v) is 14.2. The largest absolute Gasteiger partial charge is 0.748 e. The van der Waals surface area contributed by atoms with Gasteiger partial charge in [-0.05, 0) is 0 Å². The Bertz CT molecular complexity index is 1320. The summed E-state index contributed by atoms with van der Waals surface area (Å²) in [4.78, 5) is 6.23. The molecule has 0 aromatic heterocycles. The molecule has 7 nitrogen and oxygen atoms in total. The Labute approximate surface area is 273 Å². The molecular weight excluding hydrogens is 834 g/mol. The predicted octanol–water partition coefficient (Wildman–Crippen LogP) is 6.52. The van der Waals surface area contributed by atoms with Crippen molar-refractivity contribution >= 4 is 16.0 Å². The normalized spacial score (nSPS) is 17.0. The van der Waals surface area contributed by atoms with Gasteiger partial charge in [0.25, 0.3) is 5.91 Å². The van der Waals surface area contributed by atoms with Gasteiger partial charge in [0.2, 0.25) is 0 Å². The number of carbonyl (C=O) groups is 1. The molecular formula is C20H19F24N3O4S. The van der Waals surface area contributed by atoms with Crippen molar-refractivity contribution in [3.8, 4) is 0 Å². The molecule has 0 aromatic rings. The summed E-state index contributed by atoms with van der Waals surface area (Å²) in [6, 6.07) is -28.6. The summed E-state index contributed by atoms with van der Waals surface area (Å²) in [6.45, 7) is -2.80. The lowest BCUT2D eigenvalue weighted by Crippen LogP contribution is -2.82. The predicted molar refractivity (Wildman–Crippen MR) is 117 cm³/mol. The maximum Gasteiger partial charge on any atom is 0.460 e. The van der Waals surface area contributed by atoms with E-state index in [9.17, 15) is 110 Å². The lowest BCUT2D eigenvalue weighted by Gasteiger charge is -2.50. The lowest BCUT2D eigenvalue weighted by atomic mass is 9.95. The van der Waals surface area contributed by atoms with Gasteiger partial charge in [0.05, 0.1) is 37.3 Å². The Morgan fingerprint density at radius 1 is 0.558 bits per heavy atom. The molecule has 1 atom stereocenters. The summed E-state index contributed by atoms with van der Waals surface area (Å²) < 4.78 is 360. The molecule has 0 aliphatic carbocycles. The highest BCUT2D eigenvalue weighted by molar-refractivity contribution is 7.85. The molecule has 0 heterocycles. The second-order valence-electron chi connectivity index (χ2n) is 11.0. The summed E-state index contributed by atoms with van der Waals surface area (Å²) in [6.07, 6.45) is -26.6. The smallest absolute Gasteiger partial charge is 0.460 e. The number of quaternary nitrogens is 1. The van der Waals surface area contributed by atoms with E-state index in [1.807, 2.05) is 0 Å². The van der Waals surface area contributed by atoms with Crippen LogP contribution in [0.15, 0.2) is 0 Å². The Balaban J connectivity index is 7.62. The number of nitrogens with one attached hydrogen (secondary N) is 1. The molecule has 0 rings (SSSR count). The van der Waals surface area contributed by atoms with Crippen molar-refractivity contribution in [1.29, 1.82) is 0 Å². The fourth-order valence-corrected chi connectivity index (χ4v) is 4.23. The van der Waals surface area contributed by atoms with Crippen molar-refractivity contribution in [2.45, 2.75) is 78.9 Å². The molecule has 312 valence electrons. The second-order valence-corrected chi connectivity index (χ2v) is 12.5. The molecule has 0 aliphatic rings. The van der Waals surface area contributed by atoms with Crippen molar-refractivity contribution in [2.24, 2.45) is 0 Å². The lowest BCUT2D eigenvalue weighted by molar-refractivity contribution is -0.890. The highest BCUT2D eigenvalue weighted by atomic mass is 32.2. The van der Waals surface area contributed by atoms with Crippen LogP contribution in [0.25, 0.3) is 0 Å². The number of amides is 1. The van der Waals surface area contributed by atoms with Crippen LogP contribution in [-0.4, -0.2) is 134 Å². The monoisotopic (exact) mass is 853 g/mol. The number of hydrogen-bond donors (Lipinski definition) is 1. The molecule has 1 unspecified atom stereocenters. The van der Waals surface area contributed by atoms with Crippen molar-refractivity contribution in [2.75, 3.05) is 39.5 Å². The molecule has 0 fully saturated rings. The summed E-state index contributed by atoms with van der Waals surface area (Å²) in [7, 11) is -2.68. The van der Waals surface area contributed by atoms with Gasteiger partial charge in [-0.25, -0.2) is 12.8 Å². The van der Waals surface area contributed by atoms with Crippen molar-refractivity contribution < 1.29 is 128 Å². The summed E-state index contributed by atoms with van der Waals surface area (Å²) in [5.74, 6) is -42.1. The molecule has 0 spiro atoms. The van der Waals surface area contributed by atoms with E-state index in [1.165, 1.54) is 0 Å². The van der Waals surface area contributed by atoms with E-state index in [1.54, 1.807) is 0 Å². The van der Waals surface area contributed by atoms with Gasteiger partial charge in [0.15, 0.2) is 0 Å². The third-order valence-corrected chi connectivity index (χ3v) is 7.39. The van der Waals surface area contributed by atoms with Crippen LogP contribution in [0, 0.1) is 0 Å². The SMILES string of the molecule is C[N+](C)(CCCNC(=O)C(F)(C(F)(F)F)C(F)(F)N(C(F)(F)C(F)(F)C(F)(F)C(F)(F)F)C(F)(F)C(F)(F)C(F)(F)C(F)(F)F)CCCS(=O)(=O)[O-]. The van der Waals surface area contributed by atoms with E-state index in [0.717, 1.165) is 14.1 Å². The maximum absolute atomic E-state index is 15.2. The van der Waals surface area contributed by atoms with Crippen LogP contribution < -0.4 is 5.32 Å². The minimum absolute atomic E-state index is 0.316. The van der Waals surface area contributed by atoms with E-state index >= 15 is 13.2 Å². The number of rotatable bonds is 17. The first kappa shape index (κ1) is 49.6. The van der Waals surface area contributed by atoms with Gasteiger partial charge in [-0.15, -0.1) is 4.90 Å². The van der Waals surface area contributed by atoms with Crippen LogP contribution in [-0.2, 0) is 14.9 Å². The van der Waals surface area contributed by atoms with E-state index < -0.39 is 123 Å². The minimum Gasteiger partial charge on any atom is -0.748 e. The highest BCUT2D eigenvalue weighted by Crippen LogP contribution is 2.64. The zero-order valence-electron chi connectivity index (χ0n) is 24.7. The van der Waals surface area contributed by atoms with Gasteiger partial charge in [0, 0.05) is 25.1 Å². The molecule has 0 aromatic carbocycles. The van der Waals surface area contributed by atoms with Crippen molar-refractivity contribution in [3.05, 3.63) is 0 Å². The van der Waals surface area contributed by atoms with Gasteiger partial charge in [0.1, 0.15) is 0 Å². The van der Waals surface area contributed by atoms with Crippen LogP contribution in [0.4, 0.5) is 105 Å². The van der Waals surface area contributed by atoms with Crippen LogP contribution in [0.5, 0.6) is 0 Å².